The van der Waals surface area contributed by atoms with Crippen LogP contribution in [0.4, 0.5) is 5.69 Å². The first-order chi connectivity index (χ1) is 8.65. The van der Waals surface area contributed by atoms with E-state index in [4.69, 9.17) is 0 Å². The van der Waals surface area contributed by atoms with Crippen molar-refractivity contribution >= 4 is 11.6 Å². The van der Waals surface area contributed by atoms with Gasteiger partial charge in [0.25, 0.3) is 0 Å². The van der Waals surface area contributed by atoms with Gasteiger partial charge in [0.05, 0.1) is 12.6 Å². The molecule has 98 valence electrons. The molecule has 2 unspecified atom stereocenters. The van der Waals surface area contributed by atoms with Gasteiger partial charge in [0.15, 0.2) is 0 Å². The Labute approximate surface area is 108 Å². The van der Waals surface area contributed by atoms with Crippen LogP contribution in [-0.4, -0.2) is 41.7 Å². The molecule has 1 saturated heterocycles. The van der Waals surface area contributed by atoms with Gasteiger partial charge in [-0.2, -0.15) is 0 Å². The van der Waals surface area contributed by atoms with E-state index in [1.807, 2.05) is 37.3 Å². The Kier molecular flexibility index (Phi) is 4.33. The molecule has 0 aromatic heterocycles. The summed E-state index contributed by atoms with van der Waals surface area (Å²) in [5.41, 5.74) is 0.828. The minimum Gasteiger partial charge on any atom is -0.393 e. The molecule has 0 aliphatic carbocycles. The third-order valence-corrected chi connectivity index (χ3v) is 3.42. The standard InChI is InChI=1S/C14H20N2O2/c1-11(17)12-7-8-16(9-12)10-14(18)15-13-5-3-2-4-6-13/h2-6,11-12,17H,7-10H2,1H3,(H,15,18). The van der Waals surface area contributed by atoms with Crippen LogP contribution in [0.5, 0.6) is 0 Å². The van der Waals surface area contributed by atoms with Crippen LogP contribution >= 0.6 is 0 Å². The quantitative estimate of drug-likeness (QED) is 0.845. The van der Waals surface area contributed by atoms with Crippen LogP contribution in [0.25, 0.3) is 0 Å². The molecular weight excluding hydrogens is 228 g/mol. The summed E-state index contributed by atoms with van der Waals surface area (Å²) in [6.45, 7) is 3.91. The van der Waals surface area contributed by atoms with Crippen molar-refractivity contribution in [3.05, 3.63) is 30.3 Å². The fourth-order valence-electron chi connectivity index (χ4n) is 2.33. The lowest BCUT2D eigenvalue weighted by molar-refractivity contribution is -0.117. The normalized spacial score (nSPS) is 21.8. The SMILES string of the molecule is CC(O)C1CCN(CC(=O)Nc2ccccc2)C1. The van der Waals surface area contributed by atoms with Crippen LogP contribution in [0.2, 0.25) is 0 Å². The number of rotatable bonds is 4. The van der Waals surface area contributed by atoms with Crippen molar-refractivity contribution in [2.24, 2.45) is 5.92 Å². The average molecular weight is 248 g/mol. The smallest absolute Gasteiger partial charge is 0.238 e. The monoisotopic (exact) mass is 248 g/mol. The van der Waals surface area contributed by atoms with Crippen LogP contribution in [0.3, 0.4) is 0 Å². The zero-order valence-electron chi connectivity index (χ0n) is 10.7. The molecule has 2 rings (SSSR count). The first-order valence-corrected chi connectivity index (χ1v) is 6.40. The van der Waals surface area contributed by atoms with E-state index in [-0.39, 0.29) is 12.0 Å². The Hall–Kier alpha value is -1.39. The third-order valence-electron chi connectivity index (χ3n) is 3.42. The van der Waals surface area contributed by atoms with E-state index >= 15 is 0 Å². The predicted octanol–water partition coefficient (Wildman–Crippen LogP) is 1.33. The summed E-state index contributed by atoms with van der Waals surface area (Å²) in [4.78, 5) is 13.9. The summed E-state index contributed by atoms with van der Waals surface area (Å²) in [5.74, 6) is 0.307. The number of amides is 1. The van der Waals surface area contributed by atoms with Gasteiger partial charge in [-0.25, -0.2) is 0 Å². The van der Waals surface area contributed by atoms with Crippen molar-refractivity contribution in [2.45, 2.75) is 19.4 Å². The molecule has 1 aromatic carbocycles. The molecule has 18 heavy (non-hydrogen) atoms. The highest BCUT2D eigenvalue weighted by Crippen LogP contribution is 2.19. The van der Waals surface area contributed by atoms with E-state index in [1.165, 1.54) is 0 Å². The van der Waals surface area contributed by atoms with Crippen molar-refractivity contribution < 1.29 is 9.90 Å². The van der Waals surface area contributed by atoms with E-state index in [0.717, 1.165) is 25.2 Å². The van der Waals surface area contributed by atoms with Gasteiger partial charge in [-0.05, 0) is 37.9 Å². The molecule has 1 amide bonds. The second-order valence-electron chi connectivity index (χ2n) is 4.94. The number of anilines is 1. The molecule has 2 N–H and O–H groups in total. The first-order valence-electron chi connectivity index (χ1n) is 6.40. The van der Waals surface area contributed by atoms with Gasteiger partial charge < -0.3 is 10.4 Å². The van der Waals surface area contributed by atoms with Gasteiger partial charge in [-0.1, -0.05) is 18.2 Å². The van der Waals surface area contributed by atoms with E-state index in [0.29, 0.717) is 12.5 Å². The number of nitrogens with zero attached hydrogens (tertiary/aromatic N) is 1. The number of benzene rings is 1. The highest BCUT2D eigenvalue weighted by Gasteiger charge is 2.26. The maximum atomic E-state index is 11.8. The van der Waals surface area contributed by atoms with Crippen molar-refractivity contribution in [3.63, 3.8) is 0 Å². The second-order valence-corrected chi connectivity index (χ2v) is 4.94. The number of hydrogen-bond donors (Lipinski definition) is 2. The molecular formula is C14H20N2O2. The zero-order valence-corrected chi connectivity index (χ0v) is 10.7. The molecule has 0 spiro atoms. The summed E-state index contributed by atoms with van der Waals surface area (Å²) in [6.07, 6.45) is 0.684. The van der Waals surface area contributed by atoms with Crippen LogP contribution in [0.15, 0.2) is 30.3 Å². The molecule has 1 heterocycles. The van der Waals surface area contributed by atoms with Gasteiger partial charge in [-0.3, -0.25) is 9.69 Å². The van der Waals surface area contributed by atoms with Crippen molar-refractivity contribution in [2.75, 3.05) is 25.0 Å². The van der Waals surface area contributed by atoms with Crippen LogP contribution in [0.1, 0.15) is 13.3 Å². The number of likely N-dealkylation sites (tertiary alicyclic amines) is 1. The lowest BCUT2D eigenvalue weighted by atomic mass is 10.0. The summed E-state index contributed by atoms with van der Waals surface area (Å²) in [6, 6.07) is 9.47. The maximum absolute atomic E-state index is 11.8. The van der Waals surface area contributed by atoms with Crippen molar-refractivity contribution in [1.29, 1.82) is 0 Å². The third kappa shape index (κ3) is 3.55. The number of carbonyl (C=O) groups excluding carboxylic acids is 1. The van der Waals surface area contributed by atoms with Crippen LogP contribution < -0.4 is 5.32 Å². The molecule has 1 aliphatic rings. The fourth-order valence-corrected chi connectivity index (χ4v) is 2.33. The highest BCUT2D eigenvalue weighted by molar-refractivity contribution is 5.92. The largest absolute Gasteiger partial charge is 0.393 e. The Morgan fingerprint density at radius 2 is 2.22 bits per heavy atom. The maximum Gasteiger partial charge on any atom is 0.238 e. The van der Waals surface area contributed by atoms with E-state index in [1.54, 1.807) is 0 Å². The molecule has 4 heteroatoms. The molecule has 0 bridgehead atoms. The van der Waals surface area contributed by atoms with Gasteiger partial charge in [0, 0.05) is 12.2 Å². The number of para-hydroxylation sites is 1. The number of aliphatic hydroxyl groups is 1. The number of carbonyl (C=O) groups is 1. The molecule has 2 atom stereocenters. The molecule has 0 radical (unpaired) electrons. The second kappa shape index (κ2) is 5.98. The van der Waals surface area contributed by atoms with Crippen LogP contribution in [0, 0.1) is 5.92 Å². The van der Waals surface area contributed by atoms with E-state index in [2.05, 4.69) is 10.2 Å². The van der Waals surface area contributed by atoms with Crippen molar-refractivity contribution in [1.82, 2.24) is 4.90 Å². The molecule has 1 aliphatic heterocycles. The molecule has 1 aromatic rings. The Balaban J connectivity index is 1.79. The van der Waals surface area contributed by atoms with Gasteiger partial charge in [0.2, 0.25) is 5.91 Å². The zero-order chi connectivity index (χ0) is 13.0. The number of aliphatic hydroxyl groups excluding tert-OH is 1. The lowest BCUT2D eigenvalue weighted by Crippen LogP contribution is -2.32. The summed E-state index contributed by atoms with van der Waals surface area (Å²) in [5, 5.41) is 12.4. The summed E-state index contributed by atoms with van der Waals surface area (Å²) >= 11 is 0. The Bertz CT molecular complexity index is 392. The minimum absolute atomic E-state index is 0.00689. The average Bonchev–Trinajstić information content (AvgIpc) is 2.78. The number of hydrogen-bond acceptors (Lipinski definition) is 3. The predicted molar refractivity (Wildman–Crippen MR) is 71.3 cm³/mol. The van der Waals surface area contributed by atoms with E-state index < -0.39 is 0 Å². The summed E-state index contributed by atoms with van der Waals surface area (Å²) < 4.78 is 0. The Morgan fingerprint density at radius 1 is 1.50 bits per heavy atom. The summed E-state index contributed by atoms with van der Waals surface area (Å²) in [7, 11) is 0. The fraction of sp³-hybridized carbons (Fsp3) is 0.500. The molecule has 4 nitrogen and oxygen atoms in total. The van der Waals surface area contributed by atoms with Gasteiger partial charge in [-0.15, -0.1) is 0 Å². The number of nitrogens with one attached hydrogen (secondary N) is 1. The Morgan fingerprint density at radius 3 is 2.83 bits per heavy atom. The van der Waals surface area contributed by atoms with Crippen molar-refractivity contribution in [3.8, 4) is 0 Å². The topological polar surface area (TPSA) is 52.6 Å². The van der Waals surface area contributed by atoms with Crippen LogP contribution in [-0.2, 0) is 4.79 Å². The van der Waals surface area contributed by atoms with E-state index in [9.17, 15) is 9.90 Å². The molecule has 1 fully saturated rings. The molecule has 0 saturated carbocycles. The lowest BCUT2D eigenvalue weighted by Gasteiger charge is -2.16. The first kappa shape index (κ1) is 13.1. The van der Waals surface area contributed by atoms with Gasteiger partial charge in [0.1, 0.15) is 0 Å². The van der Waals surface area contributed by atoms with Gasteiger partial charge >= 0.3 is 0 Å². The minimum atomic E-state index is -0.285. The highest BCUT2D eigenvalue weighted by atomic mass is 16.3.